The van der Waals surface area contributed by atoms with Crippen LogP contribution in [0.5, 0.6) is 5.75 Å². The second-order valence-electron chi connectivity index (χ2n) is 7.31. The molecule has 1 heterocycles. The fraction of sp³-hybridized carbons (Fsp3) is 0.556. The first kappa shape index (κ1) is 15.8. The minimum absolute atomic E-state index is 0.0998. The SMILES string of the molecule is C[C@H]1CC[C@@H](O)C(C)(C)[C@@]12Cc1cc(C(=O)O)cc(C#N)c1O2. The van der Waals surface area contributed by atoms with Crippen molar-refractivity contribution in [1.29, 1.82) is 5.26 Å². The summed E-state index contributed by atoms with van der Waals surface area (Å²) in [6.45, 7) is 6.08. The predicted octanol–water partition coefficient (Wildman–Crippen LogP) is 2.75. The van der Waals surface area contributed by atoms with Gasteiger partial charge in [0.1, 0.15) is 17.4 Å². The van der Waals surface area contributed by atoms with E-state index in [1.165, 1.54) is 6.07 Å². The van der Waals surface area contributed by atoms with Gasteiger partial charge in [-0.25, -0.2) is 4.79 Å². The summed E-state index contributed by atoms with van der Waals surface area (Å²) in [5, 5.41) is 29.1. The maximum Gasteiger partial charge on any atom is 0.335 e. The van der Waals surface area contributed by atoms with Gasteiger partial charge in [-0.15, -0.1) is 0 Å². The standard InChI is InChI=1S/C18H21NO4/c1-10-4-5-14(20)17(2,3)18(10)8-12-6-11(16(21)22)7-13(9-19)15(12)23-18/h6-7,10,14,20H,4-5,8H2,1-3H3,(H,21,22)/t10-,14+,18+/m0/s1. The van der Waals surface area contributed by atoms with Crippen molar-refractivity contribution >= 4 is 5.97 Å². The van der Waals surface area contributed by atoms with Crippen LogP contribution in [0.25, 0.3) is 0 Å². The lowest BCUT2D eigenvalue weighted by Gasteiger charge is -2.53. The normalized spacial score (nSPS) is 31.3. The molecule has 0 radical (unpaired) electrons. The second-order valence-corrected chi connectivity index (χ2v) is 7.31. The predicted molar refractivity (Wildman–Crippen MR) is 83.4 cm³/mol. The lowest BCUT2D eigenvalue weighted by atomic mass is 9.58. The number of carbonyl (C=O) groups is 1. The number of aliphatic hydroxyl groups is 1. The summed E-state index contributed by atoms with van der Waals surface area (Å²) >= 11 is 0. The van der Waals surface area contributed by atoms with Crippen molar-refractivity contribution < 1.29 is 19.7 Å². The molecule has 3 atom stereocenters. The number of benzene rings is 1. The quantitative estimate of drug-likeness (QED) is 0.831. The Morgan fingerprint density at radius 2 is 2.09 bits per heavy atom. The fourth-order valence-electron chi connectivity index (χ4n) is 4.20. The van der Waals surface area contributed by atoms with Crippen LogP contribution >= 0.6 is 0 Å². The number of ether oxygens (including phenoxy) is 1. The Balaban J connectivity index is 2.13. The number of carboxylic acids is 1. The second kappa shape index (κ2) is 4.97. The highest BCUT2D eigenvalue weighted by Gasteiger charge is 2.60. The first-order chi connectivity index (χ1) is 10.7. The number of aliphatic hydroxyl groups excluding tert-OH is 1. The van der Waals surface area contributed by atoms with Crippen molar-refractivity contribution in [3.63, 3.8) is 0 Å². The number of fused-ring (bicyclic) bond motifs is 1. The van der Waals surface area contributed by atoms with Crippen LogP contribution in [0.1, 0.15) is 55.1 Å². The van der Waals surface area contributed by atoms with E-state index in [-0.39, 0.29) is 17.0 Å². The molecule has 5 nitrogen and oxygen atoms in total. The van der Waals surface area contributed by atoms with Crippen LogP contribution in [0.3, 0.4) is 0 Å². The molecule has 0 unspecified atom stereocenters. The molecule has 1 saturated carbocycles. The Morgan fingerprint density at radius 3 is 2.70 bits per heavy atom. The molecule has 23 heavy (non-hydrogen) atoms. The first-order valence-corrected chi connectivity index (χ1v) is 7.90. The Kier molecular flexibility index (Phi) is 3.42. The van der Waals surface area contributed by atoms with Crippen molar-refractivity contribution in [3.8, 4) is 11.8 Å². The van der Waals surface area contributed by atoms with Gasteiger partial charge in [-0.2, -0.15) is 5.26 Å². The van der Waals surface area contributed by atoms with E-state index in [2.05, 4.69) is 6.92 Å². The van der Waals surface area contributed by atoms with E-state index < -0.39 is 23.1 Å². The third-order valence-electron chi connectivity index (χ3n) is 5.86. The molecule has 1 spiro atoms. The van der Waals surface area contributed by atoms with Crippen LogP contribution in [0.15, 0.2) is 12.1 Å². The van der Waals surface area contributed by atoms with Crippen molar-refractivity contribution in [2.24, 2.45) is 11.3 Å². The van der Waals surface area contributed by atoms with Crippen LogP contribution in [-0.2, 0) is 6.42 Å². The fourth-order valence-corrected chi connectivity index (χ4v) is 4.20. The summed E-state index contributed by atoms with van der Waals surface area (Å²) in [7, 11) is 0. The zero-order valence-electron chi connectivity index (χ0n) is 13.6. The maximum atomic E-state index is 11.3. The number of aromatic carboxylic acids is 1. The highest BCUT2D eigenvalue weighted by atomic mass is 16.5. The Morgan fingerprint density at radius 1 is 1.39 bits per heavy atom. The van der Waals surface area contributed by atoms with Crippen molar-refractivity contribution in [2.45, 2.75) is 51.7 Å². The van der Waals surface area contributed by atoms with E-state index in [0.717, 1.165) is 18.4 Å². The summed E-state index contributed by atoms with van der Waals surface area (Å²) in [5.74, 6) is -0.374. The van der Waals surface area contributed by atoms with Gasteiger partial charge in [0.05, 0.1) is 17.2 Å². The molecule has 0 aromatic heterocycles. The average Bonchev–Trinajstić information content (AvgIpc) is 2.90. The molecule has 0 saturated heterocycles. The van der Waals surface area contributed by atoms with Crippen LogP contribution < -0.4 is 4.74 Å². The molecule has 1 aromatic rings. The third kappa shape index (κ3) is 2.05. The van der Waals surface area contributed by atoms with Gasteiger partial charge >= 0.3 is 5.97 Å². The lowest BCUT2D eigenvalue weighted by Crippen LogP contribution is -2.61. The summed E-state index contributed by atoms with van der Waals surface area (Å²) < 4.78 is 6.31. The topological polar surface area (TPSA) is 90.5 Å². The Bertz CT molecular complexity index is 718. The number of nitriles is 1. The number of nitrogens with zero attached hydrogens (tertiary/aromatic N) is 1. The molecule has 2 aliphatic rings. The van der Waals surface area contributed by atoms with Gasteiger partial charge < -0.3 is 14.9 Å². The summed E-state index contributed by atoms with van der Waals surface area (Å²) in [5.41, 5.74) is -0.00622. The molecule has 1 aromatic carbocycles. The number of carboxylic acid groups (broad SMARTS) is 1. The molecule has 0 bridgehead atoms. The maximum absolute atomic E-state index is 11.3. The molecule has 0 amide bonds. The smallest absolute Gasteiger partial charge is 0.335 e. The zero-order valence-corrected chi connectivity index (χ0v) is 13.6. The van der Waals surface area contributed by atoms with Crippen molar-refractivity contribution in [1.82, 2.24) is 0 Å². The largest absolute Gasteiger partial charge is 0.484 e. The summed E-state index contributed by atoms with van der Waals surface area (Å²) in [6, 6.07) is 5.00. The molecule has 1 aliphatic heterocycles. The average molecular weight is 315 g/mol. The molecular weight excluding hydrogens is 294 g/mol. The van der Waals surface area contributed by atoms with E-state index in [9.17, 15) is 20.3 Å². The molecule has 3 rings (SSSR count). The minimum Gasteiger partial charge on any atom is -0.484 e. The summed E-state index contributed by atoms with van der Waals surface area (Å²) in [4.78, 5) is 11.3. The highest BCUT2D eigenvalue weighted by molar-refractivity contribution is 5.89. The number of hydrogen-bond acceptors (Lipinski definition) is 4. The van der Waals surface area contributed by atoms with Crippen LogP contribution in [0.2, 0.25) is 0 Å². The molecule has 1 aliphatic carbocycles. The highest BCUT2D eigenvalue weighted by Crippen LogP contribution is 2.56. The van der Waals surface area contributed by atoms with Gasteiger partial charge in [-0.3, -0.25) is 0 Å². The van der Waals surface area contributed by atoms with E-state index in [1.807, 2.05) is 19.9 Å². The molecule has 5 heteroatoms. The Labute approximate surface area is 135 Å². The van der Waals surface area contributed by atoms with Crippen molar-refractivity contribution in [3.05, 3.63) is 28.8 Å². The number of rotatable bonds is 1. The first-order valence-electron chi connectivity index (χ1n) is 7.90. The van der Waals surface area contributed by atoms with Crippen molar-refractivity contribution in [2.75, 3.05) is 0 Å². The van der Waals surface area contributed by atoms with Gasteiger partial charge in [-0.1, -0.05) is 20.8 Å². The van der Waals surface area contributed by atoms with Gasteiger partial charge in [0.2, 0.25) is 0 Å². The zero-order chi connectivity index (χ0) is 17.0. The van der Waals surface area contributed by atoms with Gasteiger partial charge in [-0.05, 0) is 30.9 Å². The number of hydrogen-bond donors (Lipinski definition) is 2. The van der Waals surface area contributed by atoms with E-state index in [0.29, 0.717) is 12.2 Å². The van der Waals surface area contributed by atoms with Gasteiger partial charge in [0.15, 0.2) is 0 Å². The van der Waals surface area contributed by atoms with E-state index in [4.69, 9.17) is 4.74 Å². The van der Waals surface area contributed by atoms with Gasteiger partial charge in [0.25, 0.3) is 0 Å². The monoisotopic (exact) mass is 315 g/mol. The van der Waals surface area contributed by atoms with Gasteiger partial charge in [0, 0.05) is 17.4 Å². The third-order valence-corrected chi connectivity index (χ3v) is 5.86. The molecular formula is C18H21NO4. The van der Waals surface area contributed by atoms with Crippen LogP contribution in [0.4, 0.5) is 0 Å². The summed E-state index contributed by atoms with van der Waals surface area (Å²) in [6.07, 6.45) is 1.59. The van der Waals surface area contributed by atoms with Crippen LogP contribution in [0, 0.1) is 22.7 Å². The molecule has 2 N–H and O–H groups in total. The molecule has 122 valence electrons. The van der Waals surface area contributed by atoms with E-state index >= 15 is 0 Å². The Hall–Kier alpha value is -2.06. The van der Waals surface area contributed by atoms with Crippen LogP contribution in [-0.4, -0.2) is 27.9 Å². The van der Waals surface area contributed by atoms with E-state index in [1.54, 1.807) is 6.07 Å². The molecule has 1 fully saturated rings. The lowest BCUT2D eigenvalue weighted by molar-refractivity contribution is -0.156. The minimum atomic E-state index is -1.05.